The van der Waals surface area contributed by atoms with Crippen molar-refractivity contribution < 1.29 is 9.53 Å². The lowest BCUT2D eigenvalue weighted by atomic mass is 10.1. The zero-order valence-corrected chi connectivity index (χ0v) is 16.6. The first-order valence-electron chi connectivity index (χ1n) is 9.10. The lowest BCUT2D eigenvalue weighted by molar-refractivity contribution is -0.115. The van der Waals surface area contributed by atoms with Gasteiger partial charge in [-0.1, -0.05) is 24.3 Å². The zero-order valence-electron chi connectivity index (χ0n) is 15.8. The third-order valence-electron chi connectivity index (χ3n) is 4.38. The molecule has 0 fully saturated rings. The number of nitrogens with zero attached hydrogens (tertiary/aromatic N) is 2. The van der Waals surface area contributed by atoms with Crippen LogP contribution in [0.4, 0.5) is 5.69 Å². The summed E-state index contributed by atoms with van der Waals surface area (Å²) < 4.78 is 5.15. The van der Waals surface area contributed by atoms with Gasteiger partial charge in [-0.15, -0.1) is 11.3 Å². The van der Waals surface area contributed by atoms with E-state index in [1.165, 1.54) is 0 Å². The van der Waals surface area contributed by atoms with E-state index in [2.05, 4.69) is 10.3 Å². The van der Waals surface area contributed by atoms with Crippen LogP contribution in [0, 0.1) is 0 Å². The highest BCUT2D eigenvalue weighted by Gasteiger charge is 2.09. The molecule has 2 aromatic carbocycles. The van der Waals surface area contributed by atoms with E-state index in [-0.39, 0.29) is 5.91 Å². The van der Waals surface area contributed by atoms with Crippen LogP contribution in [0.2, 0.25) is 0 Å². The lowest BCUT2D eigenvalue weighted by Gasteiger charge is -2.07. The molecule has 1 N–H and O–H groups in total. The number of carbonyl (C=O) groups excluding carboxylic acids is 1. The molecule has 0 radical (unpaired) electrons. The van der Waals surface area contributed by atoms with E-state index in [1.807, 2.05) is 66.0 Å². The van der Waals surface area contributed by atoms with Crippen LogP contribution in [0.3, 0.4) is 0 Å². The number of anilines is 1. The van der Waals surface area contributed by atoms with Crippen molar-refractivity contribution in [2.24, 2.45) is 0 Å². The van der Waals surface area contributed by atoms with Crippen molar-refractivity contribution in [2.45, 2.75) is 6.42 Å². The summed E-state index contributed by atoms with van der Waals surface area (Å²) in [5, 5.41) is 5.90. The number of methoxy groups -OCH3 is 1. The van der Waals surface area contributed by atoms with Crippen LogP contribution >= 0.6 is 11.3 Å². The number of aromatic nitrogens is 2. The van der Waals surface area contributed by atoms with Gasteiger partial charge in [0, 0.05) is 34.6 Å². The second-order valence-corrected chi connectivity index (χ2v) is 7.29. The molecule has 0 saturated carbocycles. The first-order valence-corrected chi connectivity index (χ1v) is 9.98. The van der Waals surface area contributed by atoms with Crippen LogP contribution < -0.4 is 10.1 Å². The molecule has 0 bridgehead atoms. The van der Waals surface area contributed by atoms with Crippen molar-refractivity contribution in [1.82, 2.24) is 9.97 Å². The number of carbonyl (C=O) groups is 1. The average Bonchev–Trinajstić information content (AvgIpc) is 3.25. The molecule has 0 aliphatic rings. The van der Waals surface area contributed by atoms with Gasteiger partial charge in [0.1, 0.15) is 10.8 Å². The highest BCUT2D eigenvalue weighted by molar-refractivity contribution is 7.13. The number of rotatable bonds is 6. The largest absolute Gasteiger partial charge is 0.497 e. The fraction of sp³-hybridized carbons (Fsp3) is 0.0870. The Bertz CT molecular complexity index is 1110. The molecule has 6 heteroatoms. The molecule has 4 rings (SSSR count). The molecule has 0 spiro atoms. The second-order valence-electron chi connectivity index (χ2n) is 6.43. The quantitative estimate of drug-likeness (QED) is 0.490. The Morgan fingerprint density at radius 3 is 2.66 bits per heavy atom. The smallest absolute Gasteiger partial charge is 0.228 e. The Morgan fingerprint density at radius 2 is 1.90 bits per heavy atom. The van der Waals surface area contributed by atoms with Gasteiger partial charge >= 0.3 is 0 Å². The van der Waals surface area contributed by atoms with Gasteiger partial charge in [0.25, 0.3) is 0 Å². The van der Waals surface area contributed by atoms with E-state index in [9.17, 15) is 4.79 Å². The predicted octanol–water partition coefficient (Wildman–Crippen LogP) is 5.06. The summed E-state index contributed by atoms with van der Waals surface area (Å²) in [6.45, 7) is 0. The lowest BCUT2D eigenvalue weighted by Crippen LogP contribution is -2.14. The SMILES string of the molecule is COc1ccc(CC(=O)Nc2cccc(-c3csc(-c4cccnc4)n3)c2)cc1. The molecule has 5 nitrogen and oxygen atoms in total. The Labute approximate surface area is 173 Å². The van der Waals surface area contributed by atoms with E-state index in [1.54, 1.807) is 30.8 Å². The molecule has 4 aromatic rings. The van der Waals surface area contributed by atoms with E-state index in [4.69, 9.17) is 9.72 Å². The van der Waals surface area contributed by atoms with E-state index >= 15 is 0 Å². The molecule has 1 amide bonds. The van der Waals surface area contributed by atoms with E-state index in [0.717, 1.165) is 38.8 Å². The van der Waals surface area contributed by atoms with Gasteiger partial charge in [-0.25, -0.2) is 4.98 Å². The molecule has 2 aromatic heterocycles. The average molecular weight is 401 g/mol. The van der Waals surface area contributed by atoms with E-state index in [0.29, 0.717) is 6.42 Å². The van der Waals surface area contributed by atoms with Gasteiger partial charge in [0.2, 0.25) is 5.91 Å². The van der Waals surface area contributed by atoms with Crippen molar-refractivity contribution in [1.29, 1.82) is 0 Å². The number of amides is 1. The standard InChI is InChI=1S/C23H19N3O2S/c1-28-20-9-7-16(8-10-20)12-22(27)25-19-6-2-4-17(13-19)21-15-29-23(26-21)18-5-3-11-24-14-18/h2-11,13-15H,12H2,1H3,(H,25,27). The predicted molar refractivity (Wildman–Crippen MR) is 116 cm³/mol. The van der Waals surface area contributed by atoms with Gasteiger partial charge < -0.3 is 10.1 Å². The Hall–Kier alpha value is -3.51. The third-order valence-corrected chi connectivity index (χ3v) is 5.27. The van der Waals surface area contributed by atoms with Crippen LogP contribution in [0.15, 0.2) is 78.4 Å². The molecule has 2 heterocycles. The molecular weight excluding hydrogens is 382 g/mol. The number of hydrogen-bond acceptors (Lipinski definition) is 5. The van der Waals surface area contributed by atoms with Crippen molar-refractivity contribution >= 4 is 22.9 Å². The highest BCUT2D eigenvalue weighted by Crippen LogP contribution is 2.29. The normalized spacial score (nSPS) is 10.5. The van der Waals surface area contributed by atoms with Gasteiger partial charge in [-0.2, -0.15) is 0 Å². The minimum absolute atomic E-state index is 0.0679. The number of benzene rings is 2. The third kappa shape index (κ3) is 4.67. The summed E-state index contributed by atoms with van der Waals surface area (Å²) in [6.07, 6.45) is 3.85. The van der Waals surface area contributed by atoms with Crippen LogP contribution in [-0.4, -0.2) is 23.0 Å². The number of thiazole rings is 1. The molecule has 0 aliphatic carbocycles. The fourth-order valence-electron chi connectivity index (χ4n) is 2.92. The molecule has 0 aliphatic heterocycles. The summed E-state index contributed by atoms with van der Waals surface area (Å²) in [7, 11) is 1.62. The van der Waals surface area contributed by atoms with Crippen molar-refractivity contribution in [2.75, 3.05) is 12.4 Å². The van der Waals surface area contributed by atoms with E-state index < -0.39 is 0 Å². The summed E-state index contributed by atoms with van der Waals surface area (Å²) in [5.41, 5.74) is 4.50. The summed E-state index contributed by atoms with van der Waals surface area (Å²) >= 11 is 1.57. The molecule has 0 saturated heterocycles. The number of hydrogen-bond donors (Lipinski definition) is 1. The fourth-order valence-corrected chi connectivity index (χ4v) is 3.74. The van der Waals surface area contributed by atoms with Gasteiger partial charge in [-0.3, -0.25) is 9.78 Å². The summed E-state index contributed by atoms with van der Waals surface area (Å²) in [6, 6.07) is 19.1. The Morgan fingerprint density at radius 1 is 1.07 bits per heavy atom. The van der Waals surface area contributed by atoms with Gasteiger partial charge in [-0.05, 0) is 42.0 Å². The first kappa shape index (κ1) is 18.8. The first-order chi connectivity index (χ1) is 14.2. The number of pyridine rings is 1. The summed E-state index contributed by atoms with van der Waals surface area (Å²) in [5.74, 6) is 0.706. The van der Waals surface area contributed by atoms with Crippen molar-refractivity contribution in [3.63, 3.8) is 0 Å². The molecule has 29 heavy (non-hydrogen) atoms. The zero-order chi connectivity index (χ0) is 20.1. The van der Waals surface area contributed by atoms with Gasteiger partial charge in [0.15, 0.2) is 0 Å². The molecular formula is C23H19N3O2S. The number of nitrogens with one attached hydrogen (secondary N) is 1. The summed E-state index contributed by atoms with van der Waals surface area (Å²) in [4.78, 5) is 21.3. The minimum Gasteiger partial charge on any atom is -0.497 e. The van der Waals surface area contributed by atoms with Crippen molar-refractivity contribution in [3.8, 4) is 27.6 Å². The van der Waals surface area contributed by atoms with Crippen LogP contribution in [-0.2, 0) is 11.2 Å². The van der Waals surface area contributed by atoms with Crippen LogP contribution in [0.5, 0.6) is 5.75 Å². The highest BCUT2D eigenvalue weighted by atomic mass is 32.1. The molecule has 0 atom stereocenters. The topological polar surface area (TPSA) is 64.1 Å². The maximum atomic E-state index is 12.4. The molecule has 144 valence electrons. The maximum absolute atomic E-state index is 12.4. The second kappa shape index (κ2) is 8.67. The van der Waals surface area contributed by atoms with Crippen molar-refractivity contribution in [3.05, 3.63) is 84.0 Å². The van der Waals surface area contributed by atoms with Crippen LogP contribution in [0.1, 0.15) is 5.56 Å². The Kier molecular flexibility index (Phi) is 5.63. The monoisotopic (exact) mass is 401 g/mol. The maximum Gasteiger partial charge on any atom is 0.228 e. The van der Waals surface area contributed by atoms with Crippen LogP contribution in [0.25, 0.3) is 21.8 Å². The molecule has 0 unspecified atom stereocenters. The minimum atomic E-state index is -0.0679. The number of ether oxygens (including phenoxy) is 1. The Balaban J connectivity index is 1.46. The van der Waals surface area contributed by atoms with Gasteiger partial charge in [0.05, 0.1) is 19.2 Å².